The predicted molar refractivity (Wildman–Crippen MR) is 106 cm³/mol. The minimum absolute atomic E-state index is 0.323. The van der Waals surface area contributed by atoms with Crippen LogP contribution in [0, 0.1) is 12.7 Å². The number of esters is 1. The van der Waals surface area contributed by atoms with Crippen molar-refractivity contribution >= 4 is 17.6 Å². The summed E-state index contributed by atoms with van der Waals surface area (Å²) >= 11 is 0. The van der Waals surface area contributed by atoms with Crippen molar-refractivity contribution in [2.24, 2.45) is 0 Å². The Hall–Kier alpha value is -3.48. The molecule has 0 spiro atoms. The fraction of sp³-hybridized carbons (Fsp3) is 0.227. The lowest BCUT2D eigenvalue weighted by Crippen LogP contribution is -2.16. The van der Waals surface area contributed by atoms with Crippen LogP contribution in [0.2, 0.25) is 0 Å². The number of nitrogens with zero attached hydrogens (tertiary/aromatic N) is 2. The molecular weight excluding hydrogens is 373 g/mol. The third-order valence-corrected chi connectivity index (χ3v) is 5.20. The molecular formula is C22H20FN3O3. The fourth-order valence-electron chi connectivity index (χ4n) is 3.70. The monoisotopic (exact) mass is 393 g/mol. The van der Waals surface area contributed by atoms with Crippen molar-refractivity contribution in [1.82, 2.24) is 9.78 Å². The smallest absolute Gasteiger partial charge is 0.338 e. The number of fused-ring (bicyclic) bond motifs is 1. The number of amides is 1. The number of hydrogen-bond donors (Lipinski definition) is 1. The van der Waals surface area contributed by atoms with E-state index in [-0.39, 0.29) is 11.7 Å². The Morgan fingerprint density at radius 1 is 1.14 bits per heavy atom. The van der Waals surface area contributed by atoms with E-state index in [2.05, 4.69) is 10.4 Å². The second kappa shape index (κ2) is 7.50. The molecule has 29 heavy (non-hydrogen) atoms. The molecule has 3 aromatic rings. The SMILES string of the molecule is COC(=O)c1cccc(NC(=O)c2nn(-c3ccc(F)cc3)c3c2CCC3)c1C. The molecule has 1 N–H and O–H groups in total. The fourth-order valence-corrected chi connectivity index (χ4v) is 3.70. The second-order valence-electron chi connectivity index (χ2n) is 6.94. The molecule has 0 atom stereocenters. The molecule has 0 aliphatic heterocycles. The van der Waals surface area contributed by atoms with Gasteiger partial charge in [0.05, 0.1) is 18.4 Å². The number of aromatic nitrogens is 2. The molecule has 1 amide bonds. The second-order valence-corrected chi connectivity index (χ2v) is 6.94. The van der Waals surface area contributed by atoms with Crippen LogP contribution in [0.1, 0.15) is 44.1 Å². The van der Waals surface area contributed by atoms with Gasteiger partial charge in [-0.05, 0) is 68.1 Å². The zero-order valence-corrected chi connectivity index (χ0v) is 16.2. The van der Waals surface area contributed by atoms with Gasteiger partial charge in [-0.25, -0.2) is 13.9 Å². The Morgan fingerprint density at radius 3 is 2.62 bits per heavy atom. The van der Waals surface area contributed by atoms with E-state index in [1.54, 1.807) is 41.9 Å². The van der Waals surface area contributed by atoms with Gasteiger partial charge in [0, 0.05) is 16.9 Å². The van der Waals surface area contributed by atoms with Crippen LogP contribution in [0.5, 0.6) is 0 Å². The minimum atomic E-state index is -0.458. The molecule has 1 aliphatic carbocycles. The van der Waals surface area contributed by atoms with Gasteiger partial charge in [0.2, 0.25) is 0 Å². The average molecular weight is 393 g/mol. The maximum Gasteiger partial charge on any atom is 0.338 e. The third kappa shape index (κ3) is 3.40. The Kier molecular flexibility index (Phi) is 4.88. The van der Waals surface area contributed by atoms with Gasteiger partial charge in [-0.1, -0.05) is 6.07 Å². The first-order chi connectivity index (χ1) is 14.0. The number of rotatable bonds is 4. The van der Waals surface area contributed by atoms with E-state index in [0.29, 0.717) is 28.2 Å². The number of carbonyl (C=O) groups is 2. The summed E-state index contributed by atoms with van der Waals surface area (Å²) in [5, 5.41) is 7.39. The summed E-state index contributed by atoms with van der Waals surface area (Å²) in [5.74, 6) is -1.12. The van der Waals surface area contributed by atoms with Crippen LogP contribution in [0.4, 0.5) is 10.1 Å². The van der Waals surface area contributed by atoms with Crippen molar-refractivity contribution in [2.75, 3.05) is 12.4 Å². The highest BCUT2D eigenvalue weighted by molar-refractivity contribution is 6.05. The topological polar surface area (TPSA) is 73.2 Å². The van der Waals surface area contributed by atoms with Crippen LogP contribution in [0.25, 0.3) is 5.69 Å². The van der Waals surface area contributed by atoms with Crippen molar-refractivity contribution < 1.29 is 18.7 Å². The zero-order valence-electron chi connectivity index (χ0n) is 16.2. The van der Waals surface area contributed by atoms with E-state index in [4.69, 9.17) is 4.74 Å². The van der Waals surface area contributed by atoms with Crippen LogP contribution in [-0.4, -0.2) is 28.8 Å². The standard InChI is InChI=1S/C22H20FN3O3/c1-13-16(22(28)29-2)5-3-7-18(13)24-21(27)20-17-6-4-8-19(17)26(25-20)15-11-9-14(23)10-12-15/h3,5,7,9-12H,4,6,8H2,1-2H3,(H,24,27). The van der Waals surface area contributed by atoms with Gasteiger partial charge in [-0.3, -0.25) is 4.79 Å². The number of ether oxygens (including phenoxy) is 1. The Morgan fingerprint density at radius 2 is 1.90 bits per heavy atom. The van der Waals surface area contributed by atoms with E-state index in [1.165, 1.54) is 19.2 Å². The highest BCUT2D eigenvalue weighted by Crippen LogP contribution is 2.29. The molecule has 1 aliphatic rings. The first kappa shape index (κ1) is 18.9. The van der Waals surface area contributed by atoms with Crippen LogP contribution >= 0.6 is 0 Å². The first-order valence-electron chi connectivity index (χ1n) is 9.35. The summed E-state index contributed by atoms with van der Waals surface area (Å²) in [7, 11) is 1.32. The average Bonchev–Trinajstić information content (AvgIpc) is 3.32. The highest BCUT2D eigenvalue weighted by Gasteiger charge is 2.27. The number of anilines is 1. The summed E-state index contributed by atoms with van der Waals surface area (Å²) in [6.45, 7) is 1.75. The van der Waals surface area contributed by atoms with Crippen molar-refractivity contribution in [3.8, 4) is 5.69 Å². The normalized spacial score (nSPS) is 12.5. The number of carbonyl (C=O) groups excluding carboxylic acids is 2. The zero-order chi connectivity index (χ0) is 20.5. The van der Waals surface area contributed by atoms with Gasteiger partial charge in [0.25, 0.3) is 5.91 Å². The van der Waals surface area contributed by atoms with E-state index in [0.717, 1.165) is 30.5 Å². The van der Waals surface area contributed by atoms with Gasteiger partial charge in [0.15, 0.2) is 5.69 Å². The summed E-state index contributed by atoms with van der Waals surface area (Å²) < 4.78 is 19.8. The maximum absolute atomic E-state index is 13.3. The molecule has 1 aromatic heterocycles. The van der Waals surface area contributed by atoms with Crippen molar-refractivity contribution in [2.45, 2.75) is 26.2 Å². The molecule has 1 heterocycles. The molecule has 0 bridgehead atoms. The molecule has 6 nitrogen and oxygen atoms in total. The number of hydrogen-bond acceptors (Lipinski definition) is 4. The van der Waals surface area contributed by atoms with Gasteiger partial charge in [0.1, 0.15) is 5.82 Å². The summed E-state index contributed by atoms with van der Waals surface area (Å²) in [6.07, 6.45) is 2.51. The lowest BCUT2D eigenvalue weighted by molar-refractivity contribution is 0.0599. The van der Waals surface area contributed by atoms with Gasteiger partial charge in [-0.2, -0.15) is 5.10 Å². The third-order valence-electron chi connectivity index (χ3n) is 5.20. The molecule has 0 saturated carbocycles. The number of methoxy groups -OCH3 is 1. The molecule has 0 unspecified atom stereocenters. The first-order valence-corrected chi connectivity index (χ1v) is 9.35. The van der Waals surface area contributed by atoms with Crippen molar-refractivity contribution in [3.63, 3.8) is 0 Å². The van der Waals surface area contributed by atoms with E-state index in [9.17, 15) is 14.0 Å². The summed E-state index contributed by atoms with van der Waals surface area (Å²) in [4.78, 5) is 24.9. The highest BCUT2D eigenvalue weighted by atomic mass is 19.1. The van der Waals surface area contributed by atoms with E-state index in [1.807, 2.05) is 0 Å². The van der Waals surface area contributed by atoms with Gasteiger partial charge >= 0.3 is 5.97 Å². The van der Waals surface area contributed by atoms with Crippen LogP contribution in [0.15, 0.2) is 42.5 Å². The molecule has 2 aromatic carbocycles. The van der Waals surface area contributed by atoms with Crippen LogP contribution in [0.3, 0.4) is 0 Å². The molecule has 7 heteroatoms. The maximum atomic E-state index is 13.3. The largest absolute Gasteiger partial charge is 0.465 e. The quantitative estimate of drug-likeness (QED) is 0.684. The molecule has 4 rings (SSSR count). The molecule has 0 saturated heterocycles. The van der Waals surface area contributed by atoms with E-state index < -0.39 is 5.97 Å². The van der Waals surface area contributed by atoms with E-state index >= 15 is 0 Å². The van der Waals surface area contributed by atoms with Crippen LogP contribution < -0.4 is 5.32 Å². The van der Waals surface area contributed by atoms with Gasteiger partial charge in [-0.15, -0.1) is 0 Å². The Balaban J connectivity index is 1.68. The minimum Gasteiger partial charge on any atom is -0.465 e. The van der Waals surface area contributed by atoms with Crippen molar-refractivity contribution in [3.05, 3.63) is 76.4 Å². The summed E-state index contributed by atoms with van der Waals surface area (Å²) in [5.41, 5.74) is 4.50. The lowest BCUT2D eigenvalue weighted by atomic mass is 10.1. The Labute approximate surface area is 167 Å². The van der Waals surface area contributed by atoms with Crippen LogP contribution in [-0.2, 0) is 17.6 Å². The summed E-state index contributed by atoms with van der Waals surface area (Å²) in [6, 6.07) is 11.1. The lowest BCUT2D eigenvalue weighted by Gasteiger charge is -2.11. The number of benzene rings is 2. The van der Waals surface area contributed by atoms with Gasteiger partial charge < -0.3 is 10.1 Å². The molecule has 0 fully saturated rings. The number of nitrogens with one attached hydrogen (secondary N) is 1. The Bertz CT molecular complexity index is 1100. The number of halogens is 1. The molecule has 148 valence electrons. The molecule has 0 radical (unpaired) electrons. The van der Waals surface area contributed by atoms with Crippen molar-refractivity contribution in [1.29, 1.82) is 0 Å². The predicted octanol–water partition coefficient (Wildman–Crippen LogP) is 3.85.